The second-order valence-corrected chi connectivity index (χ2v) is 2.42. The predicted octanol–water partition coefficient (Wildman–Crippen LogP) is 2.06. The van der Waals surface area contributed by atoms with Gasteiger partial charge in [-0.05, 0) is 19.1 Å². The van der Waals surface area contributed by atoms with E-state index in [9.17, 15) is 4.79 Å². The Labute approximate surface area is 104 Å². The van der Waals surface area contributed by atoms with E-state index in [1.807, 2.05) is 18.2 Å². The number of hydrogen-bond donors (Lipinski definition) is 3. The van der Waals surface area contributed by atoms with Crippen LogP contribution in [-0.2, 0) is 14.3 Å². The number of para-hydroxylation sites is 1. The molecular formula is C11H13N3O4. The highest BCUT2D eigenvalue weighted by Crippen LogP contribution is 2.04. The molecule has 0 atom stereocenters. The molecule has 0 heterocycles. The molecule has 0 aliphatic heterocycles. The van der Waals surface area contributed by atoms with Gasteiger partial charge in [0, 0.05) is 5.69 Å². The Morgan fingerprint density at radius 3 is 2.06 bits per heavy atom. The Morgan fingerprint density at radius 2 is 1.67 bits per heavy atom. The summed E-state index contributed by atoms with van der Waals surface area (Å²) in [4.78, 5) is 27.6. The lowest BCUT2D eigenvalue weighted by molar-refractivity contribution is 0.168. The molecule has 3 N–H and O–H groups in total. The van der Waals surface area contributed by atoms with E-state index in [4.69, 9.17) is 25.1 Å². The zero-order valence-electron chi connectivity index (χ0n) is 9.73. The van der Waals surface area contributed by atoms with E-state index in [0.29, 0.717) is 6.61 Å². The SMILES string of the molecule is CCOC(=O)Nc1ccccc1.N=C=O.N=C=O. The highest BCUT2D eigenvalue weighted by Gasteiger charge is 1.98. The van der Waals surface area contributed by atoms with Crippen LogP contribution in [0.2, 0.25) is 0 Å². The summed E-state index contributed by atoms with van der Waals surface area (Å²) in [6.45, 7) is 2.16. The fourth-order valence-corrected chi connectivity index (χ4v) is 0.807. The summed E-state index contributed by atoms with van der Waals surface area (Å²) in [6, 6.07) is 9.19. The van der Waals surface area contributed by atoms with E-state index < -0.39 is 6.09 Å². The Bertz CT molecular complexity index is 382. The number of anilines is 1. The van der Waals surface area contributed by atoms with Crippen molar-refractivity contribution in [1.29, 1.82) is 10.8 Å². The summed E-state index contributed by atoms with van der Waals surface area (Å²) in [5.41, 5.74) is 0.746. The number of rotatable bonds is 2. The lowest BCUT2D eigenvalue weighted by Gasteiger charge is -2.03. The lowest BCUT2D eigenvalue weighted by atomic mass is 10.3. The third-order valence-electron chi connectivity index (χ3n) is 1.30. The maximum absolute atomic E-state index is 10.9. The zero-order valence-corrected chi connectivity index (χ0v) is 9.73. The molecule has 96 valence electrons. The zero-order chi connectivity index (χ0) is 14.2. The summed E-state index contributed by atoms with van der Waals surface area (Å²) in [6.07, 6.45) is 1.09. The Morgan fingerprint density at radius 1 is 1.22 bits per heavy atom. The summed E-state index contributed by atoms with van der Waals surface area (Å²) < 4.78 is 4.70. The smallest absolute Gasteiger partial charge is 0.411 e. The van der Waals surface area contributed by atoms with Crippen molar-refractivity contribution < 1.29 is 19.1 Å². The van der Waals surface area contributed by atoms with Gasteiger partial charge in [-0.2, -0.15) is 0 Å². The fraction of sp³-hybridized carbons (Fsp3) is 0.182. The maximum Gasteiger partial charge on any atom is 0.411 e. The van der Waals surface area contributed by atoms with Crippen molar-refractivity contribution in [3.8, 4) is 0 Å². The number of hydrogen-bond acceptors (Lipinski definition) is 6. The van der Waals surface area contributed by atoms with Gasteiger partial charge in [-0.15, -0.1) is 0 Å². The van der Waals surface area contributed by atoms with E-state index in [0.717, 1.165) is 17.8 Å². The predicted molar refractivity (Wildman–Crippen MR) is 63.9 cm³/mol. The van der Waals surface area contributed by atoms with Crippen LogP contribution in [0.1, 0.15) is 6.92 Å². The molecule has 0 unspecified atom stereocenters. The Kier molecular flexibility index (Phi) is 14.0. The van der Waals surface area contributed by atoms with E-state index in [1.54, 1.807) is 19.1 Å². The highest BCUT2D eigenvalue weighted by molar-refractivity contribution is 5.84. The number of isocyanates is 2. The molecule has 0 aliphatic carbocycles. The number of benzene rings is 1. The molecular weight excluding hydrogens is 238 g/mol. The minimum atomic E-state index is -0.413. The quantitative estimate of drug-likeness (QED) is 0.550. The van der Waals surface area contributed by atoms with Crippen LogP contribution < -0.4 is 5.32 Å². The molecule has 1 aromatic rings. The topological polar surface area (TPSA) is 120 Å². The van der Waals surface area contributed by atoms with E-state index in [1.165, 1.54) is 0 Å². The van der Waals surface area contributed by atoms with Gasteiger partial charge in [-0.25, -0.2) is 25.2 Å². The third-order valence-corrected chi connectivity index (χ3v) is 1.30. The van der Waals surface area contributed by atoms with Crippen LogP contribution in [0.3, 0.4) is 0 Å². The van der Waals surface area contributed by atoms with Crippen LogP contribution in [0, 0.1) is 10.8 Å². The molecule has 0 saturated carbocycles. The third kappa shape index (κ3) is 13.2. The van der Waals surface area contributed by atoms with Crippen molar-refractivity contribution in [3.63, 3.8) is 0 Å². The molecule has 7 nitrogen and oxygen atoms in total. The lowest BCUT2D eigenvalue weighted by Crippen LogP contribution is -2.12. The van der Waals surface area contributed by atoms with Gasteiger partial charge in [0.1, 0.15) is 0 Å². The van der Waals surface area contributed by atoms with Crippen molar-refractivity contribution in [1.82, 2.24) is 0 Å². The summed E-state index contributed by atoms with van der Waals surface area (Å²) >= 11 is 0. The van der Waals surface area contributed by atoms with Gasteiger partial charge < -0.3 is 4.74 Å². The van der Waals surface area contributed by atoms with Crippen LogP contribution in [-0.4, -0.2) is 24.9 Å². The second kappa shape index (κ2) is 14.2. The molecule has 7 heteroatoms. The summed E-state index contributed by atoms with van der Waals surface area (Å²) in [7, 11) is 0. The van der Waals surface area contributed by atoms with Crippen molar-refractivity contribution in [2.24, 2.45) is 0 Å². The number of nitrogens with one attached hydrogen (secondary N) is 3. The average molecular weight is 251 g/mol. The summed E-state index contributed by atoms with van der Waals surface area (Å²) in [5, 5.41) is 13.4. The van der Waals surface area contributed by atoms with Crippen LogP contribution in [0.5, 0.6) is 0 Å². The standard InChI is InChI=1S/C9H11NO2.2CHNO/c1-2-12-9(11)10-8-6-4-3-5-7-8;2*2-1-3/h3-7H,2H2,1H3,(H,10,11);2*2H. The van der Waals surface area contributed by atoms with Gasteiger partial charge in [-0.1, -0.05) is 18.2 Å². The van der Waals surface area contributed by atoms with Crippen molar-refractivity contribution in [2.75, 3.05) is 11.9 Å². The first-order valence-electron chi connectivity index (χ1n) is 4.72. The van der Waals surface area contributed by atoms with E-state index >= 15 is 0 Å². The molecule has 0 radical (unpaired) electrons. The molecule has 0 fully saturated rings. The second-order valence-electron chi connectivity index (χ2n) is 2.42. The van der Waals surface area contributed by atoms with E-state index in [-0.39, 0.29) is 0 Å². The van der Waals surface area contributed by atoms with Crippen LogP contribution in [0.15, 0.2) is 30.3 Å². The van der Waals surface area contributed by atoms with Crippen molar-refractivity contribution in [3.05, 3.63) is 30.3 Å². The van der Waals surface area contributed by atoms with Gasteiger partial charge >= 0.3 is 6.09 Å². The van der Waals surface area contributed by atoms with Gasteiger partial charge in [0.05, 0.1) is 6.61 Å². The molecule has 1 rings (SSSR count). The van der Waals surface area contributed by atoms with Crippen LogP contribution in [0.4, 0.5) is 10.5 Å². The first kappa shape index (κ1) is 17.6. The number of carbonyl (C=O) groups is 1. The van der Waals surface area contributed by atoms with Crippen LogP contribution in [0.25, 0.3) is 0 Å². The molecule has 1 amide bonds. The number of carbonyl (C=O) groups excluding carboxylic acids is 3. The largest absolute Gasteiger partial charge is 0.450 e. The number of ether oxygens (including phenoxy) is 1. The monoisotopic (exact) mass is 251 g/mol. The normalized spacial score (nSPS) is 6.94. The van der Waals surface area contributed by atoms with Gasteiger partial charge in [0.15, 0.2) is 0 Å². The van der Waals surface area contributed by atoms with Crippen molar-refractivity contribution >= 4 is 23.9 Å². The molecule has 0 aliphatic rings. The van der Waals surface area contributed by atoms with Gasteiger partial charge in [-0.3, -0.25) is 5.32 Å². The molecule has 0 saturated heterocycles. The maximum atomic E-state index is 10.9. The minimum absolute atomic E-state index is 0.388. The summed E-state index contributed by atoms with van der Waals surface area (Å²) in [5.74, 6) is 0. The van der Waals surface area contributed by atoms with Crippen LogP contribution >= 0.6 is 0 Å². The minimum Gasteiger partial charge on any atom is -0.450 e. The molecule has 0 bridgehead atoms. The fourth-order valence-electron chi connectivity index (χ4n) is 0.807. The van der Waals surface area contributed by atoms with Gasteiger partial charge in [0.2, 0.25) is 12.2 Å². The first-order chi connectivity index (χ1) is 8.65. The molecule has 0 aromatic heterocycles. The van der Waals surface area contributed by atoms with Crippen molar-refractivity contribution in [2.45, 2.75) is 6.92 Å². The molecule has 1 aromatic carbocycles. The average Bonchev–Trinajstić information content (AvgIpc) is 2.32. The van der Waals surface area contributed by atoms with Gasteiger partial charge in [0.25, 0.3) is 0 Å². The molecule has 18 heavy (non-hydrogen) atoms. The van der Waals surface area contributed by atoms with E-state index in [2.05, 4.69) is 5.32 Å². The number of amides is 1. The first-order valence-corrected chi connectivity index (χ1v) is 4.72. The molecule has 0 spiro atoms. The Balaban J connectivity index is 0. The Hall–Kier alpha value is -2.75. The highest BCUT2D eigenvalue weighted by atomic mass is 16.5.